The van der Waals surface area contributed by atoms with Gasteiger partial charge in [0, 0.05) is 18.0 Å². The maximum absolute atomic E-state index is 12.8. The Balaban J connectivity index is 2.00. The van der Waals surface area contributed by atoms with Crippen molar-refractivity contribution >= 4 is 11.6 Å². The summed E-state index contributed by atoms with van der Waals surface area (Å²) in [5, 5.41) is 0. The van der Waals surface area contributed by atoms with Crippen LogP contribution in [0.4, 0.5) is 4.39 Å². The van der Waals surface area contributed by atoms with E-state index in [9.17, 15) is 9.18 Å². The van der Waals surface area contributed by atoms with Crippen LogP contribution in [0.15, 0.2) is 42.9 Å². The number of rotatable bonds is 4. The molecule has 0 amide bonds. The zero-order valence-corrected chi connectivity index (χ0v) is 12.0. The molecule has 0 aliphatic rings. The van der Waals surface area contributed by atoms with Gasteiger partial charge in [0.1, 0.15) is 6.67 Å². The minimum Gasteiger partial charge on any atom is -0.461 e. The Hall–Kier alpha value is -2.76. The van der Waals surface area contributed by atoms with Gasteiger partial charge in [-0.1, -0.05) is 18.2 Å². The summed E-state index contributed by atoms with van der Waals surface area (Å²) in [6.45, 7) is 1.52. The van der Waals surface area contributed by atoms with Crippen LogP contribution in [0.25, 0.3) is 16.9 Å². The van der Waals surface area contributed by atoms with Crippen molar-refractivity contribution in [1.29, 1.82) is 0 Å². The molecule has 0 aliphatic heterocycles. The Morgan fingerprint density at radius 3 is 3.00 bits per heavy atom. The van der Waals surface area contributed by atoms with Gasteiger partial charge in [-0.2, -0.15) is 0 Å². The third kappa shape index (κ3) is 2.67. The zero-order chi connectivity index (χ0) is 15.5. The summed E-state index contributed by atoms with van der Waals surface area (Å²) in [5.41, 5.74) is 2.86. The number of hydrogen-bond acceptors (Lipinski definition) is 4. The summed E-state index contributed by atoms with van der Waals surface area (Å²) < 4.78 is 19.4. The fraction of sp³-hybridized carbons (Fsp3) is 0.188. The van der Waals surface area contributed by atoms with Gasteiger partial charge in [-0.15, -0.1) is 0 Å². The highest BCUT2D eigenvalue weighted by molar-refractivity contribution is 5.88. The highest BCUT2D eigenvalue weighted by Gasteiger charge is 2.12. The third-order valence-corrected chi connectivity index (χ3v) is 3.20. The van der Waals surface area contributed by atoms with E-state index in [0.717, 1.165) is 5.56 Å². The van der Waals surface area contributed by atoms with Gasteiger partial charge in [-0.25, -0.2) is 14.2 Å². The number of halogens is 1. The van der Waals surface area contributed by atoms with E-state index in [1.165, 1.54) is 0 Å². The maximum Gasteiger partial charge on any atom is 0.358 e. The van der Waals surface area contributed by atoms with E-state index in [2.05, 4.69) is 9.97 Å². The fourth-order valence-electron chi connectivity index (χ4n) is 2.17. The van der Waals surface area contributed by atoms with Crippen molar-refractivity contribution < 1.29 is 13.9 Å². The third-order valence-electron chi connectivity index (χ3n) is 3.20. The molecular formula is C16H14FN3O2. The SMILES string of the molecule is CCOC(=O)c1cn2cc(-c3cccc(CF)c3)ncc2n1. The van der Waals surface area contributed by atoms with Crippen LogP contribution in [-0.2, 0) is 11.4 Å². The highest BCUT2D eigenvalue weighted by atomic mass is 19.1. The van der Waals surface area contributed by atoms with Crippen molar-refractivity contribution in [2.24, 2.45) is 0 Å². The van der Waals surface area contributed by atoms with Crippen molar-refractivity contribution in [3.8, 4) is 11.3 Å². The number of ether oxygens (including phenoxy) is 1. The Labute approximate surface area is 126 Å². The number of alkyl halides is 1. The molecule has 0 saturated heterocycles. The second-order valence-electron chi connectivity index (χ2n) is 4.72. The first-order valence-electron chi connectivity index (χ1n) is 6.88. The fourth-order valence-corrected chi connectivity index (χ4v) is 2.17. The molecule has 0 aliphatic carbocycles. The quantitative estimate of drug-likeness (QED) is 0.695. The van der Waals surface area contributed by atoms with Crippen molar-refractivity contribution in [2.75, 3.05) is 6.61 Å². The van der Waals surface area contributed by atoms with E-state index in [1.807, 2.05) is 6.07 Å². The normalized spacial score (nSPS) is 10.8. The molecule has 0 saturated carbocycles. The van der Waals surface area contributed by atoms with E-state index < -0.39 is 12.6 Å². The van der Waals surface area contributed by atoms with Crippen LogP contribution in [0.2, 0.25) is 0 Å². The van der Waals surface area contributed by atoms with Crippen molar-refractivity contribution in [1.82, 2.24) is 14.4 Å². The number of carbonyl (C=O) groups is 1. The first-order valence-corrected chi connectivity index (χ1v) is 6.88. The van der Waals surface area contributed by atoms with E-state index in [0.29, 0.717) is 23.5 Å². The lowest BCUT2D eigenvalue weighted by Crippen LogP contribution is -2.04. The molecule has 3 aromatic rings. The Morgan fingerprint density at radius 2 is 2.23 bits per heavy atom. The minimum absolute atomic E-state index is 0.235. The lowest BCUT2D eigenvalue weighted by atomic mass is 10.1. The van der Waals surface area contributed by atoms with Gasteiger partial charge in [0.15, 0.2) is 11.3 Å². The van der Waals surface area contributed by atoms with Crippen molar-refractivity contribution in [3.05, 3.63) is 54.1 Å². The molecule has 0 spiro atoms. The van der Waals surface area contributed by atoms with Gasteiger partial charge < -0.3 is 9.14 Å². The highest BCUT2D eigenvalue weighted by Crippen LogP contribution is 2.19. The topological polar surface area (TPSA) is 56.5 Å². The largest absolute Gasteiger partial charge is 0.461 e. The standard InChI is InChI=1S/C16H14FN3O2/c1-2-22-16(21)14-10-20-9-13(18-8-15(20)19-14)12-5-3-4-11(6-12)7-17/h3-6,8-10H,2,7H2,1H3. The molecule has 0 atom stereocenters. The summed E-state index contributed by atoms with van der Waals surface area (Å²) in [6.07, 6.45) is 4.92. The minimum atomic E-state index is -0.520. The van der Waals surface area contributed by atoms with Gasteiger partial charge in [0.2, 0.25) is 0 Å². The monoisotopic (exact) mass is 299 g/mol. The van der Waals surface area contributed by atoms with Crippen LogP contribution in [0, 0.1) is 0 Å². The predicted molar refractivity (Wildman–Crippen MR) is 79.2 cm³/mol. The summed E-state index contributed by atoms with van der Waals surface area (Å²) in [7, 11) is 0. The Bertz CT molecular complexity index is 829. The number of fused-ring (bicyclic) bond motifs is 1. The van der Waals surface area contributed by atoms with Crippen LogP contribution in [0.1, 0.15) is 23.0 Å². The molecule has 0 N–H and O–H groups in total. The van der Waals surface area contributed by atoms with Gasteiger partial charge in [0.25, 0.3) is 0 Å². The summed E-state index contributed by atoms with van der Waals surface area (Å²) in [4.78, 5) is 20.2. The first-order chi connectivity index (χ1) is 10.7. The summed E-state index contributed by atoms with van der Waals surface area (Å²) in [5.74, 6) is -0.466. The molecule has 2 aromatic heterocycles. The predicted octanol–water partition coefficient (Wildman–Crippen LogP) is 3.04. The molecule has 0 unspecified atom stereocenters. The number of benzene rings is 1. The van der Waals surface area contributed by atoms with Crippen LogP contribution in [0.3, 0.4) is 0 Å². The molecule has 5 nitrogen and oxygen atoms in total. The van der Waals surface area contributed by atoms with E-state index in [1.54, 1.807) is 48.1 Å². The lowest BCUT2D eigenvalue weighted by Gasteiger charge is -2.03. The van der Waals surface area contributed by atoms with Gasteiger partial charge in [-0.3, -0.25) is 4.98 Å². The van der Waals surface area contributed by atoms with Gasteiger partial charge >= 0.3 is 5.97 Å². The van der Waals surface area contributed by atoms with Crippen molar-refractivity contribution in [3.63, 3.8) is 0 Å². The zero-order valence-electron chi connectivity index (χ0n) is 12.0. The van der Waals surface area contributed by atoms with Gasteiger partial charge in [-0.05, 0) is 18.6 Å². The number of esters is 1. The number of imidazole rings is 1. The molecule has 3 rings (SSSR count). The van der Waals surface area contributed by atoms with E-state index in [-0.39, 0.29) is 5.69 Å². The summed E-state index contributed by atoms with van der Waals surface area (Å²) >= 11 is 0. The Kier molecular flexibility index (Phi) is 3.82. The van der Waals surface area contributed by atoms with Crippen LogP contribution < -0.4 is 0 Å². The number of hydrogen-bond donors (Lipinski definition) is 0. The average Bonchev–Trinajstić information content (AvgIpc) is 2.98. The molecule has 0 radical (unpaired) electrons. The van der Waals surface area contributed by atoms with Crippen LogP contribution >= 0.6 is 0 Å². The number of carbonyl (C=O) groups excluding carboxylic acids is 1. The van der Waals surface area contributed by atoms with Crippen molar-refractivity contribution in [2.45, 2.75) is 13.6 Å². The van der Waals surface area contributed by atoms with Crippen LogP contribution in [0.5, 0.6) is 0 Å². The second kappa shape index (κ2) is 5.93. The molecular weight excluding hydrogens is 285 g/mol. The lowest BCUT2D eigenvalue weighted by molar-refractivity contribution is 0.0520. The molecule has 112 valence electrons. The van der Waals surface area contributed by atoms with Gasteiger partial charge in [0.05, 0.1) is 18.5 Å². The first kappa shape index (κ1) is 14.2. The molecule has 2 heterocycles. The van der Waals surface area contributed by atoms with E-state index >= 15 is 0 Å². The Morgan fingerprint density at radius 1 is 1.36 bits per heavy atom. The average molecular weight is 299 g/mol. The molecule has 6 heteroatoms. The molecule has 1 aromatic carbocycles. The molecule has 0 fully saturated rings. The number of aromatic nitrogens is 3. The maximum atomic E-state index is 12.8. The smallest absolute Gasteiger partial charge is 0.358 e. The summed E-state index contributed by atoms with van der Waals surface area (Å²) in [6, 6.07) is 7.11. The van der Waals surface area contributed by atoms with Crippen LogP contribution in [-0.4, -0.2) is 26.9 Å². The molecule has 22 heavy (non-hydrogen) atoms. The van der Waals surface area contributed by atoms with E-state index in [4.69, 9.17) is 4.74 Å². The molecule has 0 bridgehead atoms. The number of nitrogens with zero attached hydrogens (tertiary/aromatic N) is 3. The second-order valence-corrected chi connectivity index (χ2v) is 4.72.